The molecule has 1 amide bonds. The van der Waals surface area contributed by atoms with Crippen molar-refractivity contribution in [1.29, 1.82) is 0 Å². The Morgan fingerprint density at radius 3 is 2.69 bits per heavy atom. The van der Waals surface area contributed by atoms with Gasteiger partial charge in [0.05, 0.1) is 5.02 Å². The van der Waals surface area contributed by atoms with Crippen molar-refractivity contribution < 1.29 is 14.6 Å². The van der Waals surface area contributed by atoms with Gasteiger partial charge in [0.15, 0.2) is 0 Å². The van der Waals surface area contributed by atoms with E-state index in [1.165, 1.54) is 7.05 Å². The molecular weight excluding hydrogens is 230 g/mol. The Morgan fingerprint density at radius 1 is 1.56 bits per heavy atom. The lowest BCUT2D eigenvalue weighted by Gasteiger charge is -2.27. The van der Waals surface area contributed by atoms with Crippen LogP contribution in [0.4, 0.5) is 4.79 Å². The highest BCUT2D eigenvalue weighted by Gasteiger charge is 2.33. The van der Waals surface area contributed by atoms with Crippen molar-refractivity contribution in [2.24, 2.45) is 0 Å². The Hall–Kier alpha value is -1.26. The van der Waals surface area contributed by atoms with Gasteiger partial charge in [-0.05, 0) is 6.07 Å². The summed E-state index contributed by atoms with van der Waals surface area (Å²) < 4.78 is 4.92. The van der Waals surface area contributed by atoms with E-state index in [9.17, 15) is 9.90 Å². The van der Waals surface area contributed by atoms with Crippen LogP contribution in [0.5, 0.6) is 0 Å². The van der Waals surface area contributed by atoms with E-state index in [4.69, 9.17) is 16.3 Å². The van der Waals surface area contributed by atoms with Crippen LogP contribution in [0.1, 0.15) is 18.9 Å². The molecule has 0 radical (unpaired) electrons. The van der Waals surface area contributed by atoms with Gasteiger partial charge in [0.25, 0.3) is 0 Å². The summed E-state index contributed by atoms with van der Waals surface area (Å²) in [6, 6.07) is 6.70. The van der Waals surface area contributed by atoms with Crippen molar-refractivity contribution in [1.82, 2.24) is 5.32 Å². The second-order valence-electron chi connectivity index (χ2n) is 3.26. The quantitative estimate of drug-likeness (QED) is 0.801. The number of carbonyl (C=O) groups excluding carboxylic acids is 1. The summed E-state index contributed by atoms with van der Waals surface area (Å²) in [7, 11) is 1.42. The first-order valence-electron chi connectivity index (χ1n) is 4.91. The van der Waals surface area contributed by atoms with Gasteiger partial charge in [-0.1, -0.05) is 36.7 Å². The monoisotopic (exact) mass is 243 g/mol. The average Bonchev–Trinajstić information content (AvgIpc) is 2.29. The van der Waals surface area contributed by atoms with Gasteiger partial charge in [0.2, 0.25) is 5.79 Å². The Morgan fingerprint density at radius 2 is 2.19 bits per heavy atom. The molecule has 0 spiro atoms. The molecule has 0 saturated heterocycles. The molecule has 0 saturated carbocycles. The van der Waals surface area contributed by atoms with E-state index in [1.54, 1.807) is 31.2 Å². The third kappa shape index (κ3) is 2.65. The zero-order chi connectivity index (χ0) is 12.2. The summed E-state index contributed by atoms with van der Waals surface area (Å²) >= 11 is 5.94. The van der Waals surface area contributed by atoms with E-state index < -0.39 is 11.9 Å². The second kappa shape index (κ2) is 5.18. The maximum absolute atomic E-state index is 11.1. The van der Waals surface area contributed by atoms with Crippen molar-refractivity contribution in [2.75, 3.05) is 7.05 Å². The minimum Gasteiger partial charge on any atom is -0.413 e. The number of carbonyl (C=O) groups is 1. The zero-order valence-electron chi connectivity index (χ0n) is 9.16. The molecule has 5 heteroatoms. The van der Waals surface area contributed by atoms with Gasteiger partial charge in [-0.15, -0.1) is 0 Å². The van der Waals surface area contributed by atoms with Crippen LogP contribution in [0.25, 0.3) is 0 Å². The first-order chi connectivity index (χ1) is 7.53. The molecule has 1 rings (SSSR count). The van der Waals surface area contributed by atoms with Crippen LogP contribution in [0.3, 0.4) is 0 Å². The molecule has 1 atom stereocenters. The molecule has 4 nitrogen and oxygen atoms in total. The third-order valence-electron chi connectivity index (χ3n) is 2.24. The second-order valence-corrected chi connectivity index (χ2v) is 3.66. The van der Waals surface area contributed by atoms with Crippen LogP contribution in [0.15, 0.2) is 24.3 Å². The fraction of sp³-hybridized carbons (Fsp3) is 0.364. The number of amides is 1. The lowest BCUT2D eigenvalue weighted by atomic mass is 10.0. The van der Waals surface area contributed by atoms with E-state index in [1.807, 2.05) is 0 Å². The normalized spacial score (nSPS) is 14.0. The number of halogens is 1. The summed E-state index contributed by atoms with van der Waals surface area (Å²) in [6.07, 6.45) is -0.492. The van der Waals surface area contributed by atoms with Gasteiger partial charge in [-0.25, -0.2) is 4.79 Å². The Kier molecular flexibility index (Phi) is 4.15. The molecule has 0 aliphatic carbocycles. The van der Waals surface area contributed by atoms with Crippen LogP contribution in [0.2, 0.25) is 5.02 Å². The van der Waals surface area contributed by atoms with E-state index >= 15 is 0 Å². The molecule has 1 aromatic carbocycles. The molecule has 88 valence electrons. The van der Waals surface area contributed by atoms with Gasteiger partial charge in [0.1, 0.15) is 0 Å². The van der Waals surface area contributed by atoms with Crippen LogP contribution < -0.4 is 5.32 Å². The molecule has 0 aliphatic heterocycles. The number of benzene rings is 1. The van der Waals surface area contributed by atoms with Gasteiger partial charge in [-0.3, -0.25) is 0 Å². The predicted octanol–water partition coefficient (Wildman–Crippen LogP) is 2.25. The minimum absolute atomic E-state index is 0.212. The molecule has 0 aliphatic rings. The molecule has 0 fully saturated rings. The summed E-state index contributed by atoms with van der Waals surface area (Å²) in [5, 5.41) is 12.8. The molecule has 1 aromatic rings. The zero-order valence-corrected chi connectivity index (χ0v) is 9.91. The number of hydrogen-bond donors (Lipinski definition) is 2. The number of hydrogen-bond acceptors (Lipinski definition) is 3. The van der Waals surface area contributed by atoms with E-state index in [0.717, 1.165) is 0 Å². The summed E-state index contributed by atoms with van der Waals surface area (Å²) in [6.45, 7) is 1.70. The largest absolute Gasteiger partial charge is 0.413 e. The lowest BCUT2D eigenvalue weighted by molar-refractivity contribution is -0.171. The number of nitrogens with one attached hydrogen (secondary N) is 1. The van der Waals surface area contributed by atoms with Gasteiger partial charge < -0.3 is 15.2 Å². The van der Waals surface area contributed by atoms with Gasteiger partial charge in [-0.2, -0.15) is 0 Å². The van der Waals surface area contributed by atoms with Crippen molar-refractivity contribution >= 4 is 17.7 Å². The maximum Gasteiger partial charge on any atom is 0.409 e. The number of alkyl carbamates (subject to hydrolysis) is 1. The average molecular weight is 244 g/mol. The molecule has 2 N–H and O–H groups in total. The highest BCUT2D eigenvalue weighted by atomic mass is 35.5. The fourth-order valence-electron chi connectivity index (χ4n) is 1.30. The van der Waals surface area contributed by atoms with E-state index in [2.05, 4.69) is 5.32 Å². The Balaban J connectivity index is 3.05. The summed E-state index contributed by atoms with van der Waals surface area (Å²) in [4.78, 5) is 11.1. The Bertz CT molecular complexity index is 383. The smallest absolute Gasteiger partial charge is 0.409 e. The van der Waals surface area contributed by atoms with Crippen LogP contribution >= 0.6 is 11.6 Å². The van der Waals surface area contributed by atoms with Crippen LogP contribution in [-0.4, -0.2) is 18.2 Å². The predicted molar refractivity (Wildman–Crippen MR) is 61.2 cm³/mol. The lowest BCUT2D eigenvalue weighted by Crippen LogP contribution is -2.35. The molecule has 0 unspecified atom stereocenters. The first kappa shape index (κ1) is 12.8. The molecule has 16 heavy (non-hydrogen) atoms. The standard InChI is InChI=1S/C11H14ClNO3/c1-3-11(15,16-10(14)13-2)8-6-4-5-7-9(8)12/h4-7,15H,3H2,1-2H3,(H,13,14)/t11-/m0/s1. The van der Waals surface area contributed by atoms with Gasteiger partial charge in [0, 0.05) is 19.0 Å². The van der Waals surface area contributed by atoms with Crippen LogP contribution in [0, 0.1) is 0 Å². The van der Waals surface area contributed by atoms with E-state index in [-0.39, 0.29) is 6.42 Å². The van der Waals surface area contributed by atoms with Crippen molar-refractivity contribution in [2.45, 2.75) is 19.1 Å². The SMILES string of the molecule is CC[C@](O)(OC(=O)NC)c1ccccc1Cl. The van der Waals surface area contributed by atoms with Crippen LogP contribution in [-0.2, 0) is 10.5 Å². The fourth-order valence-corrected chi connectivity index (χ4v) is 1.58. The highest BCUT2D eigenvalue weighted by Crippen LogP contribution is 2.31. The van der Waals surface area contributed by atoms with Crippen molar-refractivity contribution in [3.63, 3.8) is 0 Å². The maximum atomic E-state index is 11.1. The topological polar surface area (TPSA) is 58.6 Å². The van der Waals surface area contributed by atoms with Crippen molar-refractivity contribution in [3.05, 3.63) is 34.9 Å². The Labute approximate surface area is 99.2 Å². The summed E-state index contributed by atoms with van der Waals surface area (Å²) in [5.74, 6) is -1.70. The first-order valence-corrected chi connectivity index (χ1v) is 5.29. The molecular formula is C11H14ClNO3. The molecule has 0 aromatic heterocycles. The minimum atomic E-state index is -1.70. The van der Waals surface area contributed by atoms with E-state index in [0.29, 0.717) is 10.6 Å². The number of ether oxygens (including phenoxy) is 1. The molecule has 0 bridgehead atoms. The highest BCUT2D eigenvalue weighted by molar-refractivity contribution is 6.31. The number of rotatable bonds is 3. The summed E-state index contributed by atoms with van der Waals surface area (Å²) in [5.41, 5.74) is 0.378. The van der Waals surface area contributed by atoms with Gasteiger partial charge >= 0.3 is 6.09 Å². The third-order valence-corrected chi connectivity index (χ3v) is 2.57. The molecule has 0 heterocycles. The van der Waals surface area contributed by atoms with Crippen molar-refractivity contribution in [3.8, 4) is 0 Å². The number of aliphatic hydroxyl groups is 1.